The van der Waals surface area contributed by atoms with Crippen LogP contribution in [-0.4, -0.2) is 90.2 Å². The molecular weight excluding hydrogens is 777 g/mol. The van der Waals surface area contributed by atoms with Crippen molar-refractivity contribution in [2.45, 2.75) is 104 Å². The molecule has 1 atom stereocenters. The minimum atomic E-state index is -4.46. The number of rotatable bonds is 9. The number of aromatic nitrogens is 1. The van der Waals surface area contributed by atoms with Gasteiger partial charge in [0.2, 0.25) is 18.2 Å². The Hall–Kier alpha value is 0.273. The fourth-order valence-corrected chi connectivity index (χ4v) is 8.58. The summed E-state index contributed by atoms with van der Waals surface area (Å²) in [5.74, 6) is -0.303. The van der Waals surface area contributed by atoms with Crippen LogP contribution in [0.4, 0.5) is 23.2 Å². The predicted octanol–water partition coefficient (Wildman–Crippen LogP) is 1.12. The van der Waals surface area contributed by atoms with Crippen molar-refractivity contribution in [2.24, 2.45) is 27.9 Å². The van der Waals surface area contributed by atoms with Gasteiger partial charge in [-0.1, -0.05) is 33.6 Å². The molecule has 292 valence electrons. The summed E-state index contributed by atoms with van der Waals surface area (Å²) in [6.07, 6.45) is 9.03. The first kappa shape index (κ1) is 50.4. The van der Waals surface area contributed by atoms with Crippen LogP contribution in [0.15, 0.2) is 17.6 Å². The maximum absolute atomic E-state index is 13.9. The van der Waals surface area contributed by atoms with Crippen LogP contribution in [0.25, 0.3) is 10.2 Å². The van der Waals surface area contributed by atoms with Crippen molar-refractivity contribution >= 4 is 45.5 Å². The number of thiazole rings is 1. The van der Waals surface area contributed by atoms with Gasteiger partial charge in [0.25, 0.3) is 0 Å². The van der Waals surface area contributed by atoms with Crippen molar-refractivity contribution < 1.29 is 140 Å². The van der Waals surface area contributed by atoms with Gasteiger partial charge in [0.05, 0.1) is 21.4 Å². The third-order valence-corrected chi connectivity index (χ3v) is 12.1. The van der Waals surface area contributed by atoms with E-state index >= 15 is 0 Å². The number of nitrogens with two attached hydrogens (primary N) is 1. The van der Waals surface area contributed by atoms with Crippen molar-refractivity contribution in [1.82, 2.24) is 14.8 Å². The predicted molar refractivity (Wildman–Crippen MR) is 196 cm³/mol. The molecule has 9 nitrogen and oxygen atoms in total. The Kier molecular flexibility index (Phi) is 21.1. The van der Waals surface area contributed by atoms with E-state index in [-0.39, 0.29) is 133 Å². The molecule has 54 heavy (non-hydrogen) atoms. The molecule has 4 heterocycles. The Bertz CT molecular complexity index is 1490. The number of halogens is 4. The molecule has 5 aliphatic rings. The Labute approximate surface area is 407 Å². The van der Waals surface area contributed by atoms with Crippen LogP contribution in [0.5, 0.6) is 0 Å². The Morgan fingerprint density at radius 1 is 0.963 bits per heavy atom. The minimum Gasteiger partial charge on any atom is -0.399 e. The number of benzene rings is 1. The minimum absolute atomic E-state index is 0. The summed E-state index contributed by atoms with van der Waals surface area (Å²) in [5, 5.41) is 8.76. The van der Waals surface area contributed by atoms with Gasteiger partial charge < -0.3 is 32.0 Å². The SMILES string of the molecule is CCCC(=O)N1CCC2(CC1)CC2.CC[CH-]C(CO)CCC.NC=O.O=C(N1CC2(CCN(c3cc(F)cc4ncsc34)C2)C1)C1(C(F)(F)F)CC1.[K+].[K+]. The number of primary amides is 1. The Morgan fingerprint density at radius 2 is 1.57 bits per heavy atom. The van der Waals surface area contributed by atoms with Crippen LogP contribution < -0.4 is 113 Å². The standard InChI is InChI=1S/C18H17F4N3OS.C11H19NO.C8H17O.CH3NO.2K/c19-11-5-12-14(27-10-23-12)13(6-11)24-4-3-16(7-24)8-25(9-16)15(26)17(1-2-17)18(20,21)22;1-2-3-10(13)12-8-6-11(4-5-11)7-9-12;1-3-5-8(7-9)6-4-2;2-1-3;;/h5-6,10H,1-4,7-9H2;2-9H2,1H3;5,8-9H,3-4,6-7H2,1-2H3;1H,(H2,2,3);;/q;;-1;;2*+1. The number of carbonyl (C=O) groups excluding carboxylic acids is 3. The third-order valence-electron chi connectivity index (χ3n) is 11.3. The van der Waals surface area contributed by atoms with Gasteiger partial charge >= 0.3 is 109 Å². The first-order chi connectivity index (χ1) is 24.7. The first-order valence-electron chi connectivity index (χ1n) is 18.8. The van der Waals surface area contributed by atoms with Crippen LogP contribution in [0.3, 0.4) is 0 Å². The second kappa shape index (κ2) is 22.6. The number of amides is 3. The van der Waals surface area contributed by atoms with E-state index in [1.165, 1.54) is 60.5 Å². The van der Waals surface area contributed by atoms with Gasteiger partial charge in [-0.25, -0.2) is 9.37 Å². The Balaban J connectivity index is 0.000000313. The molecule has 2 saturated carbocycles. The normalized spacial score (nSPS) is 20.0. The van der Waals surface area contributed by atoms with Gasteiger partial charge in [0.1, 0.15) is 11.2 Å². The summed E-state index contributed by atoms with van der Waals surface area (Å²) in [6, 6.07) is 2.89. The molecule has 5 fully saturated rings. The number of fused-ring (bicyclic) bond motifs is 1. The van der Waals surface area contributed by atoms with Gasteiger partial charge in [-0.2, -0.15) is 19.6 Å². The zero-order valence-corrected chi connectivity index (χ0v) is 39.9. The smallest absolute Gasteiger partial charge is 0.399 e. The average Bonchev–Trinajstić information content (AvgIpc) is 3.96. The summed E-state index contributed by atoms with van der Waals surface area (Å²) in [4.78, 5) is 42.2. The van der Waals surface area contributed by atoms with Crippen LogP contribution in [0, 0.1) is 34.4 Å². The first-order valence-corrected chi connectivity index (χ1v) is 19.6. The molecule has 16 heteroatoms. The van der Waals surface area contributed by atoms with E-state index in [2.05, 4.69) is 47.7 Å². The summed E-state index contributed by atoms with van der Waals surface area (Å²) < 4.78 is 54.4. The summed E-state index contributed by atoms with van der Waals surface area (Å²) in [6.45, 7) is 10.7. The van der Waals surface area contributed by atoms with E-state index in [0.29, 0.717) is 55.5 Å². The number of hydrogen-bond acceptors (Lipinski definition) is 7. The molecule has 0 radical (unpaired) electrons. The van der Waals surface area contributed by atoms with E-state index in [0.717, 1.165) is 55.6 Å². The maximum atomic E-state index is 13.9. The van der Waals surface area contributed by atoms with Gasteiger partial charge in [-0.15, -0.1) is 17.3 Å². The van der Waals surface area contributed by atoms with Crippen molar-refractivity contribution in [3.8, 4) is 0 Å². The van der Waals surface area contributed by atoms with E-state index in [9.17, 15) is 27.2 Å². The zero-order valence-electron chi connectivity index (χ0n) is 32.9. The molecule has 3 saturated heterocycles. The fraction of sp³-hybridized carbons (Fsp3) is 0.711. The second-order valence-corrected chi connectivity index (χ2v) is 16.0. The molecule has 2 spiro atoms. The number of anilines is 1. The molecule has 2 aromatic rings. The van der Waals surface area contributed by atoms with Gasteiger partial charge in [0.15, 0.2) is 0 Å². The van der Waals surface area contributed by atoms with Crippen LogP contribution in [0.2, 0.25) is 0 Å². The Morgan fingerprint density at radius 3 is 2.07 bits per heavy atom. The van der Waals surface area contributed by atoms with Crippen molar-refractivity contribution in [1.29, 1.82) is 0 Å². The molecule has 7 rings (SSSR count). The number of aliphatic hydroxyl groups is 1. The van der Waals surface area contributed by atoms with Crippen LogP contribution in [-0.2, 0) is 14.4 Å². The number of carbonyl (C=O) groups is 3. The molecule has 1 aromatic carbocycles. The number of hydrogen-bond donors (Lipinski definition) is 2. The van der Waals surface area contributed by atoms with Crippen molar-refractivity contribution in [3.63, 3.8) is 0 Å². The molecule has 1 unspecified atom stereocenters. The molecule has 2 aliphatic carbocycles. The molecule has 0 bridgehead atoms. The van der Waals surface area contributed by atoms with Crippen molar-refractivity contribution in [2.75, 3.05) is 50.8 Å². The van der Waals surface area contributed by atoms with Gasteiger partial charge in [-0.05, 0) is 62.8 Å². The van der Waals surface area contributed by atoms with Gasteiger partial charge in [0, 0.05) is 63.8 Å². The number of piperidine rings is 1. The molecule has 3 N–H and O–H groups in total. The summed E-state index contributed by atoms with van der Waals surface area (Å²) in [5.41, 5.74) is 5.61. The maximum Gasteiger partial charge on any atom is 1.00 e. The zero-order chi connectivity index (χ0) is 38.2. The van der Waals surface area contributed by atoms with Crippen LogP contribution in [0.1, 0.15) is 97.8 Å². The fourth-order valence-electron chi connectivity index (χ4n) is 7.77. The second-order valence-electron chi connectivity index (χ2n) is 15.2. The molecule has 1 aromatic heterocycles. The van der Waals surface area contributed by atoms with Crippen LogP contribution >= 0.6 is 11.3 Å². The largest absolute Gasteiger partial charge is 1.00 e. The summed E-state index contributed by atoms with van der Waals surface area (Å²) in [7, 11) is 0. The monoisotopic (exact) mass is 832 g/mol. The molecule has 3 aliphatic heterocycles. The number of nitrogens with zero attached hydrogens (tertiary/aromatic N) is 4. The average molecular weight is 833 g/mol. The molecule has 3 amide bonds. The quantitative estimate of drug-likeness (QED) is 0.170. The van der Waals surface area contributed by atoms with Crippen molar-refractivity contribution in [3.05, 3.63) is 29.9 Å². The third kappa shape index (κ3) is 12.9. The number of aliphatic hydroxyl groups excluding tert-OH is 1. The van der Waals surface area contributed by atoms with Gasteiger partial charge in [-0.3, -0.25) is 14.4 Å². The number of likely N-dealkylation sites (tertiary alicyclic amines) is 2. The topological polar surface area (TPSA) is 120 Å². The number of alkyl halides is 3. The van der Waals surface area contributed by atoms with E-state index < -0.39 is 17.5 Å². The van der Waals surface area contributed by atoms with E-state index in [1.807, 2.05) is 0 Å². The van der Waals surface area contributed by atoms with E-state index in [4.69, 9.17) is 9.90 Å². The molecular formula is C38H56F4K2N5O4S+. The van der Waals surface area contributed by atoms with E-state index in [1.54, 1.807) is 5.51 Å². The summed E-state index contributed by atoms with van der Waals surface area (Å²) >= 11 is 1.45.